The van der Waals surface area contributed by atoms with Crippen molar-refractivity contribution in [2.45, 2.75) is 49.7 Å². The van der Waals surface area contributed by atoms with Crippen LogP contribution in [-0.2, 0) is 10.0 Å². The van der Waals surface area contributed by atoms with Gasteiger partial charge in [-0.15, -0.1) is 0 Å². The number of hydrogen-bond acceptors (Lipinski definition) is 5. The molecule has 2 N–H and O–H groups in total. The van der Waals surface area contributed by atoms with Gasteiger partial charge in [-0.3, -0.25) is 14.5 Å². The molecule has 2 aliphatic rings. The van der Waals surface area contributed by atoms with E-state index in [9.17, 15) is 27.9 Å². The molecule has 2 aromatic carbocycles. The molecule has 0 aliphatic carbocycles. The number of amides is 3. The molecule has 0 spiro atoms. The average Bonchev–Trinajstić information content (AvgIpc) is 3.27. The van der Waals surface area contributed by atoms with Crippen LogP contribution in [0.3, 0.4) is 0 Å². The number of fused-ring (bicyclic) bond motifs is 1. The van der Waals surface area contributed by atoms with Crippen molar-refractivity contribution in [3.8, 4) is 0 Å². The molecule has 12 heteroatoms. The van der Waals surface area contributed by atoms with Crippen molar-refractivity contribution in [2.75, 3.05) is 13.1 Å². The Kier molecular flexibility index (Phi) is 6.97. The molecule has 36 heavy (non-hydrogen) atoms. The summed E-state index contributed by atoms with van der Waals surface area (Å²) in [5.74, 6) is -0.954. The molecular formula is C24H26Br2N3O6S+. The number of quaternary nitrogens is 1. The van der Waals surface area contributed by atoms with E-state index >= 15 is 0 Å². The first-order valence-corrected chi connectivity index (χ1v) is 14.3. The second kappa shape index (κ2) is 9.32. The zero-order valence-corrected chi connectivity index (χ0v) is 23.9. The number of carboxylic acid groups (broad SMARTS) is 1. The van der Waals surface area contributed by atoms with E-state index in [1.54, 1.807) is 57.2 Å². The van der Waals surface area contributed by atoms with Crippen LogP contribution in [0.15, 0.2) is 56.3 Å². The van der Waals surface area contributed by atoms with Crippen LogP contribution in [0.4, 0.5) is 4.79 Å². The van der Waals surface area contributed by atoms with Crippen molar-refractivity contribution < 1.29 is 32.4 Å². The van der Waals surface area contributed by atoms with Crippen molar-refractivity contribution in [2.24, 2.45) is 0 Å². The Labute approximate surface area is 226 Å². The van der Waals surface area contributed by atoms with Gasteiger partial charge in [-0.25, -0.2) is 17.6 Å². The fraction of sp³-hybridized carbons (Fsp3) is 0.375. The highest BCUT2D eigenvalue weighted by Gasteiger charge is 2.61. The van der Waals surface area contributed by atoms with E-state index in [4.69, 9.17) is 0 Å². The summed E-state index contributed by atoms with van der Waals surface area (Å²) in [6.07, 6.45) is -1.02. The zero-order chi connectivity index (χ0) is 26.6. The third-order valence-corrected chi connectivity index (χ3v) is 10.0. The number of nitrogens with zero attached hydrogens (tertiary/aromatic N) is 2. The van der Waals surface area contributed by atoms with Crippen molar-refractivity contribution in [3.63, 3.8) is 0 Å². The van der Waals surface area contributed by atoms with Crippen LogP contribution < -0.4 is 4.72 Å². The number of sulfonamides is 1. The van der Waals surface area contributed by atoms with E-state index in [-0.39, 0.29) is 35.5 Å². The van der Waals surface area contributed by atoms with Gasteiger partial charge in [0.1, 0.15) is 18.1 Å². The largest absolute Gasteiger partial charge is 0.514 e. The number of likely N-dealkylation sites (tertiary alicyclic amines) is 1. The lowest BCUT2D eigenvalue weighted by molar-refractivity contribution is -0.914. The van der Waals surface area contributed by atoms with Gasteiger partial charge in [-0.05, 0) is 67.0 Å². The Bertz CT molecular complexity index is 1340. The molecule has 0 aromatic heterocycles. The van der Waals surface area contributed by atoms with Crippen molar-refractivity contribution in [3.05, 3.63) is 62.5 Å². The molecule has 3 amide bonds. The predicted molar refractivity (Wildman–Crippen MR) is 139 cm³/mol. The molecule has 3 atom stereocenters. The minimum Gasteiger partial charge on any atom is -0.435 e. The summed E-state index contributed by atoms with van der Waals surface area (Å²) in [5.41, 5.74) is -0.297. The first-order chi connectivity index (χ1) is 16.7. The standard InChI is InChI=1S/C24H25Br2N3O6S/c1-24(2,3)29(23(32)33)13-15(27-36(34,35)20-10-14(25)8-9-19(20)26)11-16(29)12-28-21(30)17-6-4-5-7-18(17)22(28)31/h4-10,15-16,27H,11-13H2,1-3H3/p+1/t15-,16-,29?/m1/s1. The van der Waals surface area contributed by atoms with Crippen molar-refractivity contribution in [1.29, 1.82) is 0 Å². The number of nitrogens with one attached hydrogen (secondary N) is 1. The van der Waals surface area contributed by atoms with E-state index < -0.39 is 50.0 Å². The summed E-state index contributed by atoms with van der Waals surface area (Å²) in [7, 11) is -4.01. The van der Waals surface area contributed by atoms with Gasteiger partial charge in [0.25, 0.3) is 11.8 Å². The van der Waals surface area contributed by atoms with Crippen molar-refractivity contribution in [1.82, 2.24) is 9.62 Å². The van der Waals surface area contributed by atoms with E-state index in [1.807, 2.05) is 0 Å². The van der Waals surface area contributed by atoms with Crippen LogP contribution in [-0.4, -0.2) is 71.5 Å². The molecule has 1 saturated heterocycles. The molecule has 2 aliphatic heterocycles. The van der Waals surface area contributed by atoms with E-state index in [2.05, 4.69) is 36.6 Å². The third-order valence-electron chi connectivity index (χ3n) is 7.00. The summed E-state index contributed by atoms with van der Waals surface area (Å²) >= 11 is 6.55. The minimum absolute atomic E-state index is 0.0184. The second-order valence-electron chi connectivity index (χ2n) is 10.1. The smallest absolute Gasteiger partial charge is 0.435 e. The number of carbonyl (C=O) groups is 3. The van der Waals surface area contributed by atoms with Gasteiger partial charge < -0.3 is 5.11 Å². The maximum Gasteiger partial charge on any atom is 0.514 e. The lowest BCUT2D eigenvalue weighted by Crippen LogP contribution is -2.68. The van der Waals surface area contributed by atoms with Crippen LogP contribution in [0.25, 0.3) is 0 Å². The molecule has 0 radical (unpaired) electrons. The van der Waals surface area contributed by atoms with Gasteiger partial charge in [0.15, 0.2) is 0 Å². The SMILES string of the molecule is CC(C)(C)[N+]1(C(=O)O)C[C@H](NS(=O)(=O)c2cc(Br)ccc2Br)C[C@@H]1CN1C(=O)c2ccccc2C1=O. The monoisotopic (exact) mass is 642 g/mol. The van der Waals surface area contributed by atoms with Gasteiger partial charge >= 0.3 is 6.09 Å². The van der Waals surface area contributed by atoms with E-state index in [0.717, 1.165) is 4.90 Å². The minimum atomic E-state index is -4.01. The Morgan fingerprint density at radius 3 is 2.22 bits per heavy atom. The summed E-state index contributed by atoms with van der Waals surface area (Å²) in [6, 6.07) is 9.76. The molecular weight excluding hydrogens is 618 g/mol. The molecule has 1 fully saturated rings. The number of hydrogen-bond donors (Lipinski definition) is 2. The Balaban J connectivity index is 1.68. The van der Waals surface area contributed by atoms with Crippen molar-refractivity contribution >= 4 is 59.8 Å². The molecule has 2 aromatic rings. The van der Waals surface area contributed by atoms with Gasteiger partial charge in [0, 0.05) is 15.4 Å². The summed E-state index contributed by atoms with van der Waals surface area (Å²) in [6.45, 7) is 5.10. The van der Waals surface area contributed by atoms with E-state index in [0.29, 0.717) is 8.95 Å². The van der Waals surface area contributed by atoms with Gasteiger partial charge in [0.05, 0.1) is 28.6 Å². The van der Waals surface area contributed by atoms with Crippen LogP contribution in [0.2, 0.25) is 0 Å². The number of imide groups is 1. The molecule has 9 nitrogen and oxygen atoms in total. The molecule has 4 rings (SSSR count). The van der Waals surface area contributed by atoms with Crippen LogP contribution in [0.5, 0.6) is 0 Å². The molecule has 2 heterocycles. The molecule has 192 valence electrons. The third kappa shape index (κ3) is 4.43. The zero-order valence-electron chi connectivity index (χ0n) is 19.9. The number of benzene rings is 2. The second-order valence-corrected chi connectivity index (χ2v) is 13.5. The summed E-state index contributed by atoms with van der Waals surface area (Å²) < 4.78 is 29.6. The maximum absolute atomic E-state index is 13.3. The summed E-state index contributed by atoms with van der Waals surface area (Å²) in [4.78, 5) is 39.9. The lowest BCUT2D eigenvalue weighted by atomic mass is 9.99. The normalized spacial score (nSPS) is 24.3. The molecule has 0 bridgehead atoms. The fourth-order valence-corrected chi connectivity index (χ4v) is 8.05. The topological polar surface area (TPSA) is 121 Å². The Morgan fingerprint density at radius 2 is 1.69 bits per heavy atom. The fourth-order valence-electron chi connectivity index (χ4n) is 5.30. The lowest BCUT2D eigenvalue weighted by Gasteiger charge is -2.45. The van der Waals surface area contributed by atoms with Gasteiger partial charge in [-0.1, -0.05) is 28.1 Å². The van der Waals surface area contributed by atoms with Crippen LogP contribution in [0.1, 0.15) is 47.9 Å². The van der Waals surface area contributed by atoms with Gasteiger partial charge in [-0.2, -0.15) is 4.79 Å². The maximum atomic E-state index is 13.3. The number of rotatable bonds is 5. The van der Waals surface area contributed by atoms with Gasteiger partial charge in [0.2, 0.25) is 10.0 Å². The Morgan fingerprint density at radius 1 is 1.11 bits per heavy atom. The average molecular weight is 644 g/mol. The Hall–Kier alpha value is -2.12. The predicted octanol–water partition coefficient (Wildman–Crippen LogP) is 4.22. The number of halogens is 2. The molecule has 0 saturated carbocycles. The van der Waals surface area contributed by atoms with Crippen LogP contribution >= 0.6 is 31.9 Å². The van der Waals surface area contributed by atoms with Crippen LogP contribution in [0, 0.1) is 0 Å². The first-order valence-electron chi connectivity index (χ1n) is 11.2. The summed E-state index contributed by atoms with van der Waals surface area (Å²) in [5, 5.41) is 10.5. The van der Waals surface area contributed by atoms with E-state index in [1.165, 1.54) is 6.07 Å². The quantitative estimate of drug-likeness (QED) is 0.372. The first kappa shape index (κ1) is 26.9. The molecule has 1 unspecified atom stereocenters. The number of carbonyl (C=O) groups excluding carboxylic acids is 2. The highest BCUT2D eigenvalue weighted by Crippen LogP contribution is 2.39. The highest BCUT2D eigenvalue weighted by atomic mass is 79.9. The highest BCUT2D eigenvalue weighted by molar-refractivity contribution is 9.11.